The van der Waals surface area contributed by atoms with Crippen LogP contribution < -0.4 is 4.90 Å². The number of benzene rings is 2. The molecule has 7 heteroatoms. The largest absolute Gasteiger partial charge is 0.372 e. The van der Waals surface area contributed by atoms with Crippen LogP contribution >= 0.6 is 23.2 Å². The van der Waals surface area contributed by atoms with E-state index < -0.39 is 4.92 Å². The predicted molar refractivity (Wildman–Crippen MR) is 98.2 cm³/mol. The summed E-state index contributed by atoms with van der Waals surface area (Å²) in [6.07, 6.45) is 1.29. The Labute approximate surface area is 148 Å². The molecule has 0 bridgehead atoms. The Bertz CT molecular complexity index is 938. The molecule has 0 amide bonds. The first-order valence-corrected chi connectivity index (χ1v) is 7.84. The van der Waals surface area contributed by atoms with Crippen molar-refractivity contribution < 1.29 is 4.92 Å². The summed E-state index contributed by atoms with van der Waals surface area (Å²) in [6.45, 7) is 0. The van der Waals surface area contributed by atoms with Crippen molar-refractivity contribution in [2.45, 2.75) is 0 Å². The molecule has 0 spiro atoms. The second-order valence-corrected chi connectivity index (χ2v) is 6.38. The molecule has 0 fully saturated rings. The number of hydrogen-bond donors (Lipinski definition) is 0. The summed E-state index contributed by atoms with van der Waals surface area (Å²) in [4.78, 5) is 16.9. The Morgan fingerprint density at radius 3 is 2.38 bits per heavy atom. The molecule has 0 unspecified atom stereocenters. The Balaban J connectivity index is 2.36. The molecule has 0 aliphatic heterocycles. The molecule has 0 radical (unpaired) electrons. The van der Waals surface area contributed by atoms with Crippen molar-refractivity contribution in [3.05, 3.63) is 62.8 Å². The molecule has 0 atom stereocenters. The van der Waals surface area contributed by atoms with Gasteiger partial charge in [-0.05, 0) is 23.8 Å². The summed E-state index contributed by atoms with van der Waals surface area (Å²) in [7, 11) is 3.54. The molecule has 3 rings (SSSR count). The van der Waals surface area contributed by atoms with Gasteiger partial charge in [0.1, 0.15) is 11.9 Å². The van der Waals surface area contributed by atoms with Gasteiger partial charge in [0.05, 0.1) is 10.4 Å². The highest BCUT2D eigenvalue weighted by atomic mass is 35.5. The molecule has 1 aromatic heterocycles. The van der Waals surface area contributed by atoms with Crippen molar-refractivity contribution in [3.63, 3.8) is 0 Å². The topological polar surface area (TPSA) is 59.3 Å². The van der Waals surface area contributed by atoms with Crippen molar-refractivity contribution in [3.8, 4) is 11.1 Å². The molecular weight excluding hydrogens is 349 g/mol. The second kappa shape index (κ2) is 6.26. The zero-order valence-corrected chi connectivity index (χ0v) is 14.5. The number of rotatable bonds is 3. The van der Waals surface area contributed by atoms with Crippen LogP contribution in [0, 0.1) is 10.1 Å². The molecule has 5 nitrogen and oxygen atoms in total. The van der Waals surface area contributed by atoms with Gasteiger partial charge in [-0.2, -0.15) is 0 Å². The number of nitro groups is 1. The van der Waals surface area contributed by atoms with Crippen LogP contribution in [0.5, 0.6) is 0 Å². The Morgan fingerprint density at radius 2 is 1.79 bits per heavy atom. The smallest absolute Gasteiger partial charge is 0.311 e. The second-order valence-electron chi connectivity index (χ2n) is 5.50. The summed E-state index contributed by atoms with van der Waals surface area (Å²) >= 11 is 12.2. The minimum atomic E-state index is -0.426. The summed E-state index contributed by atoms with van der Waals surface area (Å²) < 4.78 is 0. The lowest BCUT2D eigenvalue weighted by molar-refractivity contribution is -0.384. The Hall–Kier alpha value is -2.37. The number of halogens is 2. The van der Waals surface area contributed by atoms with Crippen LogP contribution in [0.2, 0.25) is 10.0 Å². The number of pyridine rings is 1. The van der Waals surface area contributed by atoms with Gasteiger partial charge in [0.25, 0.3) is 0 Å². The van der Waals surface area contributed by atoms with Gasteiger partial charge in [-0.15, -0.1) is 0 Å². The normalized spacial score (nSPS) is 10.8. The fourth-order valence-corrected chi connectivity index (χ4v) is 3.27. The van der Waals surface area contributed by atoms with Crippen molar-refractivity contribution in [1.29, 1.82) is 0 Å². The summed E-state index contributed by atoms with van der Waals surface area (Å²) in [6, 6.07) is 10.8. The van der Waals surface area contributed by atoms with Crippen molar-refractivity contribution in [2.75, 3.05) is 19.0 Å². The summed E-state index contributed by atoms with van der Waals surface area (Å²) in [5.41, 5.74) is 2.76. The van der Waals surface area contributed by atoms with Crippen LogP contribution in [0.1, 0.15) is 0 Å². The van der Waals surface area contributed by atoms with Gasteiger partial charge in [0.15, 0.2) is 0 Å². The van der Waals surface area contributed by atoms with E-state index in [4.69, 9.17) is 23.2 Å². The van der Waals surface area contributed by atoms with E-state index in [1.165, 1.54) is 6.20 Å². The zero-order chi connectivity index (χ0) is 17.4. The van der Waals surface area contributed by atoms with Gasteiger partial charge in [0.2, 0.25) is 0 Å². The van der Waals surface area contributed by atoms with Crippen LogP contribution in [0.4, 0.5) is 11.4 Å². The minimum Gasteiger partial charge on any atom is -0.372 e. The van der Waals surface area contributed by atoms with Crippen LogP contribution in [-0.2, 0) is 0 Å². The maximum Gasteiger partial charge on any atom is 0.311 e. The lowest BCUT2D eigenvalue weighted by Gasteiger charge is -2.16. The highest BCUT2D eigenvalue weighted by molar-refractivity contribution is 6.35. The number of fused-ring (bicyclic) bond motifs is 1. The molecule has 0 saturated carbocycles. The van der Waals surface area contributed by atoms with Crippen LogP contribution in [0.25, 0.3) is 22.0 Å². The molecule has 122 valence electrons. The Morgan fingerprint density at radius 1 is 1.12 bits per heavy atom. The monoisotopic (exact) mass is 361 g/mol. The zero-order valence-electron chi connectivity index (χ0n) is 13.0. The van der Waals surface area contributed by atoms with Crippen LogP contribution in [-0.4, -0.2) is 24.0 Å². The quantitative estimate of drug-likeness (QED) is 0.476. The van der Waals surface area contributed by atoms with Gasteiger partial charge in [-0.1, -0.05) is 41.4 Å². The third kappa shape index (κ3) is 2.88. The first-order valence-electron chi connectivity index (χ1n) is 7.08. The standard InChI is InChI=1S/C17H13Cl2N3O2/c1-21(2)17-14-5-3-4-13(10-6-11(18)8-12(19)7-10)16(14)20-9-15(17)22(23)24/h3-9H,1-2H3. The maximum atomic E-state index is 11.3. The molecule has 24 heavy (non-hydrogen) atoms. The van der Waals surface area contributed by atoms with E-state index in [1.807, 2.05) is 18.2 Å². The number of anilines is 1. The Kier molecular flexibility index (Phi) is 4.30. The van der Waals surface area contributed by atoms with E-state index in [9.17, 15) is 10.1 Å². The van der Waals surface area contributed by atoms with Crippen molar-refractivity contribution in [1.82, 2.24) is 4.98 Å². The average molecular weight is 362 g/mol. The minimum absolute atomic E-state index is 0.0335. The van der Waals surface area contributed by atoms with E-state index in [2.05, 4.69) is 4.98 Å². The molecule has 3 aromatic rings. The van der Waals surface area contributed by atoms with E-state index in [0.29, 0.717) is 26.6 Å². The van der Waals surface area contributed by atoms with Gasteiger partial charge >= 0.3 is 5.69 Å². The first-order chi connectivity index (χ1) is 11.4. The van der Waals surface area contributed by atoms with Crippen LogP contribution in [0.3, 0.4) is 0 Å². The van der Waals surface area contributed by atoms with E-state index >= 15 is 0 Å². The van der Waals surface area contributed by atoms with Gasteiger partial charge in [0, 0.05) is 35.1 Å². The van der Waals surface area contributed by atoms with Gasteiger partial charge < -0.3 is 4.90 Å². The molecular formula is C17H13Cl2N3O2. The summed E-state index contributed by atoms with van der Waals surface area (Å²) in [5.74, 6) is 0. The molecule has 2 aromatic carbocycles. The fourth-order valence-electron chi connectivity index (χ4n) is 2.74. The van der Waals surface area contributed by atoms with Crippen molar-refractivity contribution in [2.24, 2.45) is 0 Å². The maximum absolute atomic E-state index is 11.3. The van der Waals surface area contributed by atoms with Gasteiger partial charge in [-0.25, -0.2) is 4.98 Å². The van der Waals surface area contributed by atoms with E-state index in [1.54, 1.807) is 37.2 Å². The lowest BCUT2D eigenvalue weighted by atomic mass is 10.0. The third-order valence-corrected chi connectivity index (χ3v) is 4.10. The number of nitrogens with zero attached hydrogens (tertiary/aromatic N) is 3. The fraction of sp³-hybridized carbons (Fsp3) is 0.118. The highest BCUT2D eigenvalue weighted by Gasteiger charge is 2.21. The van der Waals surface area contributed by atoms with E-state index in [-0.39, 0.29) is 5.69 Å². The number of aromatic nitrogens is 1. The molecule has 0 saturated heterocycles. The molecule has 0 N–H and O–H groups in total. The lowest BCUT2D eigenvalue weighted by Crippen LogP contribution is -2.12. The summed E-state index contributed by atoms with van der Waals surface area (Å²) in [5, 5.41) is 13.1. The van der Waals surface area contributed by atoms with Crippen LogP contribution in [0.15, 0.2) is 42.6 Å². The number of hydrogen-bond acceptors (Lipinski definition) is 4. The van der Waals surface area contributed by atoms with E-state index in [0.717, 1.165) is 11.1 Å². The third-order valence-electron chi connectivity index (χ3n) is 3.67. The number of para-hydroxylation sites is 1. The van der Waals surface area contributed by atoms with Crippen molar-refractivity contribution >= 4 is 45.5 Å². The SMILES string of the molecule is CN(C)c1c([N+](=O)[O-])cnc2c(-c3cc(Cl)cc(Cl)c3)cccc12. The predicted octanol–water partition coefficient (Wildman–Crippen LogP) is 5.18. The van der Waals surface area contributed by atoms with Gasteiger partial charge in [-0.3, -0.25) is 10.1 Å². The average Bonchev–Trinajstić information content (AvgIpc) is 2.51. The molecule has 0 aliphatic carbocycles. The molecule has 0 aliphatic rings. The molecule has 1 heterocycles. The first kappa shape index (κ1) is 16.5. The highest BCUT2D eigenvalue weighted by Crippen LogP contribution is 2.38.